The van der Waals surface area contributed by atoms with E-state index in [1.807, 2.05) is 46.7 Å². The van der Waals surface area contributed by atoms with Crippen LogP contribution in [0.25, 0.3) is 22.4 Å². The van der Waals surface area contributed by atoms with Crippen LogP contribution in [0.5, 0.6) is 0 Å². The minimum absolute atomic E-state index is 0.0406. The molecule has 0 radical (unpaired) electrons. The monoisotopic (exact) mass is 376 g/mol. The summed E-state index contributed by atoms with van der Waals surface area (Å²) < 4.78 is 3.86. The molecule has 0 aliphatic heterocycles. The Bertz CT molecular complexity index is 1150. The van der Waals surface area contributed by atoms with Gasteiger partial charge < -0.3 is 11.1 Å². The second-order valence-electron chi connectivity index (χ2n) is 8.13. The number of imidazole rings is 1. The number of nitrogens with zero attached hydrogens (tertiary/aromatic N) is 6. The van der Waals surface area contributed by atoms with Crippen LogP contribution in [0, 0.1) is 6.92 Å². The zero-order valence-electron chi connectivity index (χ0n) is 16.1. The number of nitrogens with one attached hydrogen (secondary N) is 1. The summed E-state index contributed by atoms with van der Waals surface area (Å²) >= 11 is 0. The van der Waals surface area contributed by atoms with Gasteiger partial charge in [0.2, 0.25) is 11.7 Å². The predicted molar refractivity (Wildman–Crippen MR) is 108 cm³/mol. The molecule has 8 nitrogen and oxygen atoms in total. The van der Waals surface area contributed by atoms with Crippen LogP contribution < -0.4 is 11.1 Å². The highest BCUT2D eigenvalue weighted by molar-refractivity contribution is 5.79. The molecule has 28 heavy (non-hydrogen) atoms. The molecule has 144 valence electrons. The maximum atomic E-state index is 6.23. The standard InChI is InChI=1S/C20H24N8/c1-13-9-23-19-24-10-14(12-27(13)19)16-5-8-28-17(16)11-22-18(26-28)25-15-3-6-20(2,21)7-4-15/h5,8-12,15H,3-4,6-7,21H2,1-2H3,(H,25,26). The Kier molecular flexibility index (Phi) is 3.83. The fourth-order valence-corrected chi connectivity index (χ4v) is 3.94. The highest BCUT2D eigenvalue weighted by Gasteiger charge is 2.27. The number of anilines is 1. The quantitative estimate of drug-likeness (QED) is 0.570. The smallest absolute Gasteiger partial charge is 0.241 e. The molecule has 4 aromatic heterocycles. The van der Waals surface area contributed by atoms with E-state index in [-0.39, 0.29) is 5.54 Å². The number of nitrogens with two attached hydrogens (primary N) is 1. The molecule has 1 saturated carbocycles. The van der Waals surface area contributed by atoms with E-state index in [2.05, 4.69) is 38.5 Å². The van der Waals surface area contributed by atoms with Crippen LogP contribution in [-0.4, -0.2) is 40.5 Å². The first-order chi connectivity index (χ1) is 13.5. The van der Waals surface area contributed by atoms with Gasteiger partial charge in [-0.05, 0) is 45.6 Å². The molecule has 4 aromatic rings. The lowest BCUT2D eigenvalue weighted by atomic mass is 9.82. The van der Waals surface area contributed by atoms with Crippen LogP contribution in [-0.2, 0) is 0 Å². The summed E-state index contributed by atoms with van der Waals surface area (Å²) in [4.78, 5) is 13.3. The second-order valence-corrected chi connectivity index (χ2v) is 8.13. The molecule has 0 amide bonds. The normalized spacial score (nSPS) is 22.8. The number of hydrogen-bond donors (Lipinski definition) is 2. The summed E-state index contributed by atoms with van der Waals surface area (Å²) in [6, 6.07) is 2.42. The lowest BCUT2D eigenvalue weighted by Gasteiger charge is -2.34. The topological polar surface area (TPSA) is 98.4 Å². The van der Waals surface area contributed by atoms with Gasteiger partial charge in [-0.2, -0.15) is 0 Å². The average molecular weight is 376 g/mol. The molecule has 0 unspecified atom stereocenters. The molecular weight excluding hydrogens is 352 g/mol. The van der Waals surface area contributed by atoms with Gasteiger partial charge in [0.25, 0.3) is 0 Å². The molecule has 1 fully saturated rings. The third kappa shape index (κ3) is 2.99. The Balaban J connectivity index is 1.42. The largest absolute Gasteiger partial charge is 0.350 e. The van der Waals surface area contributed by atoms with Crippen LogP contribution in [0.2, 0.25) is 0 Å². The summed E-state index contributed by atoms with van der Waals surface area (Å²) in [7, 11) is 0. The van der Waals surface area contributed by atoms with Crippen molar-refractivity contribution in [2.75, 3.05) is 5.32 Å². The van der Waals surface area contributed by atoms with Gasteiger partial charge in [-0.3, -0.25) is 4.40 Å². The molecule has 0 atom stereocenters. The van der Waals surface area contributed by atoms with Crippen molar-refractivity contribution in [1.29, 1.82) is 0 Å². The van der Waals surface area contributed by atoms with Gasteiger partial charge in [-0.25, -0.2) is 19.5 Å². The first-order valence-electron chi connectivity index (χ1n) is 9.68. The van der Waals surface area contributed by atoms with Crippen LogP contribution in [0.15, 0.2) is 37.1 Å². The van der Waals surface area contributed by atoms with E-state index in [0.717, 1.165) is 48.0 Å². The second kappa shape index (κ2) is 6.27. The first-order valence-corrected chi connectivity index (χ1v) is 9.68. The Hall–Kier alpha value is -3.00. The van der Waals surface area contributed by atoms with Gasteiger partial charge in [-0.15, -0.1) is 5.10 Å². The highest BCUT2D eigenvalue weighted by atomic mass is 15.3. The van der Waals surface area contributed by atoms with Gasteiger partial charge >= 0.3 is 0 Å². The molecule has 0 bridgehead atoms. The van der Waals surface area contributed by atoms with Crippen LogP contribution >= 0.6 is 0 Å². The molecule has 8 heteroatoms. The lowest BCUT2D eigenvalue weighted by Crippen LogP contribution is -2.43. The Morgan fingerprint density at radius 1 is 1.14 bits per heavy atom. The summed E-state index contributed by atoms with van der Waals surface area (Å²) in [5.74, 6) is 1.35. The Labute approximate surface area is 162 Å². The van der Waals surface area contributed by atoms with Gasteiger partial charge in [0.15, 0.2) is 0 Å². The zero-order chi connectivity index (χ0) is 19.3. The molecule has 0 saturated heterocycles. The maximum absolute atomic E-state index is 6.23. The lowest BCUT2D eigenvalue weighted by molar-refractivity contribution is 0.305. The van der Waals surface area contributed by atoms with Crippen molar-refractivity contribution in [1.82, 2.24) is 29.0 Å². The van der Waals surface area contributed by atoms with Gasteiger partial charge in [-0.1, -0.05) is 0 Å². The zero-order valence-corrected chi connectivity index (χ0v) is 16.1. The molecule has 1 aliphatic rings. The number of aryl methyl sites for hydroxylation is 1. The molecule has 0 spiro atoms. The molecule has 4 heterocycles. The number of aromatic nitrogens is 6. The van der Waals surface area contributed by atoms with Gasteiger partial charge in [0.05, 0.1) is 17.9 Å². The van der Waals surface area contributed by atoms with Crippen molar-refractivity contribution in [2.45, 2.75) is 51.1 Å². The van der Waals surface area contributed by atoms with Crippen molar-refractivity contribution < 1.29 is 0 Å². The summed E-state index contributed by atoms with van der Waals surface area (Å²) in [5, 5.41) is 8.11. The van der Waals surface area contributed by atoms with E-state index in [1.165, 1.54) is 0 Å². The van der Waals surface area contributed by atoms with Crippen molar-refractivity contribution >= 4 is 17.2 Å². The number of hydrogen-bond acceptors (Lipinski definition) is 6. The highest BCUT2D eigenvalue weighted by Crippen LogP contribution is 2.28. The number of fused-ring (bicyclic) bond motifs is 2. The van der Waals surface area contributed by atoms with Crippen LogP contribution in [0.1, 0.15) is 38.3 Å². The average Bonchev–Trinajstić information content (AvgIpc) is 3.27. The SMILES string of the molecule is Cc1cnc2ncc(-c3ccn4nc(NC5CCC(C)(N)CC5)ncc34)cn12. The summed E-state index contributed by atoms with van der Waals surface area (Å²) in [6.07, 6.45) is 13.7. The molecular formula is C20H24N8. The minimum atomic E-state index is -0.0406. The van der Waals surface area contributed by atoms with E-state index in [0.29, 0.717) is 17.8 Å². The van der Waals surface area contributed by atoms with Crippen LogP contribution in [0.4, 0.5) is 5.95 Å². The first kappa shape index (κ1) is 17.1. The van der Waals surface area contributed by atoms with Crippen molar-refractivity contribution in [2.24, 2.45) is 5.73 Å². The fraction of sp³-hybridized carbons (Fsp3) is 0.400. The molecule has 1 aliphatic carbocycles. The Morgan fingerprint density at radius 2 is 1.93 bits per heavy atom. The molecule has 0 aromatic carbocycles. The van der Waals surface area contributed by atoms with E-state index in [1.54, 1.807) is 0 Å². The van der Waals surface area contributed by atoms with Gasteiger partial charge in [0.1, 0.15) is 0 Å². The molecule has 3 N–H and O–H groups in total. The van der Waals surface area contributed by atoms with E-state index in [9.17, 15) is 0 Å². The van der Waals surface area contributed by atoms with Crippen molar-refractivity contribution in [3.8, 4) is 11.1 Å². The fourth-order valence-electron chi connectivity index (χ4n) is 3.94. The van der Waals surface area contributed by atoms with Gasteiger partial charge in [0, 0.05) is 47.0 Å². The van der Waals surface area contributed by atoms with Crippen molar-refractivity contribution in [3.05, 3.63) is 42.7 Å². The van der Waals surface area contributed by atoms with E-state index < -0.39 is 0 Å². The van der Waals surface area contributed by atoms with Crippen LogP contribution in [0.3, 0.4) is 0 Å². The summed E-state index contributed by atoms with van der Waals surface area (Å²) in [5.41, 5.74) is 10.2. The maximum Gasteiger partial charge on any atom is 0.241 e. The van der Waals surface area contributed by atoms with Crippen molar-refractivity contribution in [3.63, 3.8) is 0 Å². The third-order valence-corrected chi connectivity index (χ3v) is 5.74. The predicted octanol–water partition coefficient (Wildman–Crippen LogP) is 2.82. The van der Waals surface area contributed by atoms with E-state index >= 15 is 0 Å². The molecule has 5 rings (SSSR count). The third-order valence-electron chi connectivity index (χ3n) is 5.74. The Morgan fingerprint density at radius 3 is 2.75 bits per heavy atom. The summed E-state index contributed by atoms with van der Waals surface area (Å²) in [6.45, 7) is 4.15. The van der Waals surface area contributed by atoms with E-state index in [4.69, 9.17) is 5.73 Å². The minimum Gasteiger partial charge on any atom is -0.350 e. The number of rotatable bonds is 3.